The Morgan fingerprint density at radius 1 is 1.40 bits per heavy atom. The van der Waals surface area contributed by atoms with Gasteiger partial charge in [0.05, 0.1) is 18.0 Å². The molecule has 0 bridgehead atoms. The summed E-state index contributed by atoms with van der Waals surface area (Å²) in [6.45, 7) is 0.105. The third-order valence-electron chi connectivity index (χ3n) is 2.15. The van der Waals surface area contributed by atoms with Gasteiger partial charge in [0.1, 0.15) is 11.6 Å². The van der Waals surface area contributed by atoms with Crippen molar-refractivity contribution in [3.63, 3.8) is 0 Å². The summed E-state index contributed by atoms with van der Waals surface area (Å²) in [6.07, 6.45) is 0. The van der Waals surface area contributed by atoms with Gasteiger partial charge in [-0.3, -0.25) is 4.79 Å². The van der Waals surface area contributed by atoms with E-state index in [2.05, 4.69) is 15.5 Å². The Morgan fingerprint density at radius 2 is 2.20 bits per heavy atom. The molecule has 20 heavy (non-hydrogen) atoms. The summed E-state index contributed by atoms with van der Waals surface area (Å²) in [5, 5.41) is 9.70. The number of anilines is 1. The Kier molecular flexibility index (Phi) is 4.64. The molecule has 1 heterocycles. The van der Waals surface area contributed by atoms with Crippen molar-refractivity contribution in [3.8, 4) is 0 Å². The number of benzene rings is 1. The van der Waals surface area contributed by atoms with Crippen LogP contribution in [0.5, 0.6) is 0 Å². The van der Waals surface area contributed by atoms with E-state index in [-0.39, 0.29) is 29.1 Å². The van der Waals surface area contributed by atoms with Crippen LogP contribution in [0.4, 0.5) is 14.5 Å². The number of halogens is 2. The second kappa shape index (κ2) is 6.44. The first-order valence-corrected chi connectivity index (χ1v) is 6.47. The average Bonchev–Trinajstić information content (AvgIpc) is 2.89. The molecule has 0 saturated heterocycles. The van der Waals surface area contributed by atoms with Crippen molar-refractivity contribution in [1.82, 2.24) is 10.2 Å². The van der Waals surface area contributed by atoms with Crippen LogP contribution in [0.3, 0.4) is 0 Å². The summed E-state index contributed by atoms with van der Waals surface area (Å²) >= 11 is 0.970. The first-order valence-electron chi connectivity index (χ1n) is 5.48. The summed E-state index contributed by atoms with van der Waals surface area (Å²) in [4.78, 5) is 11.6. The lowest BCUT2D eigenvalue weighted by Gasteiger charge is -2.05. The molecular formula is C11H10F2N4O2S. The lowest BCUT2D eigenvalue weighted by Crippen LogP contribution is -2.15. The maximum absolute atomic E-state index is 13.3. The Morgan fingerprint density at radius 3 is 2.90 bits per heavy atom. The zero-order valence-electron chi connectivity index (χ0n) is 10.1. The van der Waals surface area contributed by atoms with E-state index >= 15 is 0 Å². The number of amides is 1. The van der Waals surface area contributed by atoms with Crippen LogP contribution in [0.1, 0.15) is 5.89 Å². The van der Waals surface area contributed by atoms with Gasteiger partial charge >= 0.3 is 0 Å². The summed E-state index contributed by atoms with van der Waals surface area (Å²) in [5.74, 6) is -1.70. The molecule has 0 aliphatic rings. The fourth-order valence-corrected chi connectivity index (χ4v) is 1.87. The summed E-state index contributed by atoms with van der Waals surface area (Å²) in [7, 11) is 0. The van der Waals surface area contributed by atoms with E-state index in [9.17, 15) is 13.6 Å². The highest BCUT2D eigenvalue weighted by Crippen LogP contribution is 2.18. The number of nitrogens with two attached hydrogens (primary N) is 1. The SMILES string of the molecule is NCc1nnc(SCC(=O)Nc2cc(F)ccc2F)o1. The highest BCUT2D eigenvalue weighted by atomic mass is 32.2. The lowest BCUT2D eigenvalue weighted by molar-refractivity contribution is -0.113. The molecule has 0 saturated carbocycles. The van der Waals surface area contributed by atoms with Crippen LogP contribution in [0.25, 0.3) is 0 Å². The van der Waals surface area contributed by atoms with E-state index < -0.39 is 17.5 Å². The molecule has 9 heteroatoms. The van der Waals surface area contributed by atoms with E-state index in [1.165, 1.54) is 0 Å². The molecule has 0 atom stereocenters. The molecule has 0 aliphatic carbocycles. The summed E-state index contributed by atoms with van der Waals surface area (Å²) in [5.41, 5.74) is 5.07. The Hall–Kier alpha value is -2.00. The second-order valence-corrected chi connectivity index (χ2v) is 4.55. The van der Waals surface area contributed by atoms with Crippen LogP contribution in [0, 0.1) is 11.6 Å². The molecule has 0 fully saturated rings. The number of hydrogen-bond acceptors (Lipinski definition) is 6. The van der Waals surface area contributed by atoms with Gasteiger partial charge in [0.15, 0.2) is 0 Å². The van der Waals surface area contributed by atoms with Gasteiger partial charge in [0.2, 0.25) is 11.8 Å². The Bertz CT molecular complexity index is 620. The van der Waals surface area contributed by atoms with E-state index in [1.807, 2.05) is 0 Å². The number of rotatable bonds is 5. The number of carbonyl (C=O) groups is 1. The average molecular weight is 300 g/mol. The Balaban J connectivity index is 1.90. The number of aromatic nitrogens is 2. The first kappa shape index (κ1) is 14.4. The molecule has 0 unspecified atom stereocenters. The van der Waals surface area contributed by atoms with Gasteiger partial charge in [-0.05, 0) is 12.1 Å². The zero-order valence-corrected chi connectivity index (χ0v) is 10.9. The quantitative estimate of drug-likeness (QED) is 0.813. The van der Waals surface area contributed by atoms with Crippen LogP contribution in [0.2, 0.25) is 0 Å². The van der Waals surface area contributed by atoms with E-state index in [0.717, 1.165) is 30.0 Å². The maximum Gasteiger partial charge on any atom is 0.277 e. The predicted octanol–water partition coefficient (Wildman–Crippen LogP) is 1.54. The number of carbonyl (C=O) groups excluding carboxylic acids is 1. The molecule has 1 amide bonds. The highest BCUT2D eigenvalue weighted by Gasteiger charge is 2.11. The van der Waals surface area contributed by atoms with Crippen molar-refractivity contribution in [2.75, 3.05) is 11.1 Å². The summed E-state index contributed by atoms with van der Waals surface area (Å²) in [6, 6.07) is 2.80. The van der Waals surface area contributed by atoms with Crippen LogP contribution in [-0.4, -0.2) is 21.9 Å². The summed E-state index contributed by atoms with van der Waals surface area (Å²) < 4.78 is 31.3. The molecule has 0 radical (unpaired) electrons. The molecule has 0 aliphatic heterocycles. The molecule has 1 aromatic carbocycles. The second-order valence-electron chi connectivity index (χ2n) is 3.63. The molecule has 2 aromatic rings. The molecule has 6 nitrogen and oxygen atoms in total. The number of nitrogens with zero attached hydrogens (tertiary/aromatic N) is 2. The van der Waals surface area contributed by atoms with Crippen LogP contribution >= 0.6 is 11.8 Å². The van der Waals surface area contributed by atoms with Crippen molar-refractivity contribution in [3.05, 3.63) is 35.7 Å². The van der Waals surface area contributed by atoms with Gasteiger partial charge in [0, 0.05) is 6.07 Å². The minimum Gasteiger partial charge on any atom is -0.415 e. The van der Waals surface area contributed by atoms with Gasteiger partial charge in [-0.2, -0.15) is 0 Å². The van der Waals surface area contributed by atoms with E-state index in [1.54, 1.807) is 0 Å². The van der Waals surface area contributed by atoms with E-state index in [4.69, 9.17) is 10.2 Å². The zero-order chi connectivity index (χ0) is 14.5. The Labute approximate surface area is 116 Å². The van der Waals surface area contributed by atoms with Crippen molar-refractivity contribution >= 4 is 23.4 Å². The van der Waals surface area contributed by atoms with Gasteiger partial charge < -0.3 is 15.5 Å². The van der Waals surface area contributed by atoms with Gasteiger partial charge in [-0.25, -0.2) is 8.78 Å². The molecule has 3 N–H and O–H groups in total. The first-order chi connectivity index (χ1) is 9.58. The fourth-order valence-electron chi connectivity index (χ4n) is 1.29. The third-order valence-corrected chi connectivity index (χ3v) is 2.97. The maximum atomic E-state index is 13.3. The van der Waals surface area contributed by atoms with Crippen LogP contribution < -0.4 is 11.1 Å². The number of thioether (sulfide) groups is 1. The smallest absolute Gasteiger partial charge is 0.277 e. The fraction of sp³-hybridized carbons (Fsp3) is 0.182. The predicted molar refractivity (Wildman–Crippen MR) is 67.9 cm³/mol. The van der Waals surface area contributed by atoms with Crippen molar-refractivity contribution in [2.24, 2.45) is 5.73 Å². The number of hydrogen-bond donors (Lipinski definition) is 2. The normalized spacial score (nSPS) is 10.6. The monoisotopic (exact) mass is 300 g/mol. The van der Waals surface area contributed by atoms with Crippen molar-refractivity contribution in [1.29, 1.82) is 0 Å². The van der Waals surface area contributed by atoms with Crippen molar-refractivity contribution < 1.29 is 18.0 Å². The third kappa shape index (κ3) is 3.75. The highest BCUT2D eigenvalue weighted by molar-refractivity contribution is 7.99. The molecular weight excluding hydrogens is 290 g/mol. The van der Waals surface area contributed by atoms with Crippen LogP contribution in [0.15, 0.2) is 27.8 Å². The van der Waals surface area contributed by atoms with Crippen molar-refractivity contribution in [2.45, 2.75) is 11.8 Å². The lowest BCUT2D eigenvalue weighted by atomic mass is 10.3. The minimum absolute atomic E-state index is 0.0812. The van der Waals surface area contributed by atoms with Gasteiger partial charge in [0.25, 0.3) is 5.22 Å². The molecule has 1 aromatic heterocycles. The van der Waals surface area contributed by atoms with Gasteiger partial charge in [-0.15, -0.1) is 10.2 Å². The number of nitrogens with one attached hydrogen (secondary N) is 1. The topological polar surface area (TPSA) is 94.0 Å². The molecule has 0 spiro atoms. The molecule has 2 rings (SSSR count). The molecule has 106 valence electrons. The standard InChI is InChI=1S/C11H10F2N4O2S/c12-6-1-2-7(13)8(3-6)15-9(18)5-20-11-17-16-10(4-14)19-11/h1-3H,4-5,14H2,(H,15,18). The van der Waals surface area contributed by atoms with Gasteiger partial charge in [-0.1, -0.05) is 11.8 Å². The largest absolute Gasteiger partial charge is 0.415 e. The van der Waals surface area contributed by atoms with E-state index in [0.29, 0.717) is 0 Å². The van der Waals surface area contributed by atoms with Crippen LogP contribution in [-0.2, 0) is 11.3 Å². The minimum atomic E-state index is -0.715.